The summed E-state index contributed by atoms with van der Waals surface area (Å²) in [4.78, 5) is 2.34. The molecule has 12 aromatic rings. The average molecular weight is 727 g/mol. The van der Waals surface area contributed by atoms with E-state index in [1.165, 1.54) is 60.3 Å². The monoisotopic (exact) mass is 726 g/mol. The SMILES string of the molecule is c1ccc(-c2ccc(N(c3ccc(-c4cc5c6ccccc6n6c7ccccc7c(c4)c56)cc3)c3ccc(-c4cccc5c4oc4ccccc45)cc3)cc2)cc1. The largest absolute Gasteiger partial charge is 0.455 e. The molecule has 3 heteroatoms. The molecule has 0 bridgehead atoms. The van der Waals surface area contributed by atoms with E-state index in [0.29, 0.717) is 0 Å². The number of anilines is 3. The lowest BCUT2D eigenvalue weighted by Gasteiger charge is -2.26. The van der Waals surface area contributed by atoms with E-state index in [-0.39, 0.29) is 0 Å². The summed E-state index contributed by atoms with van der Waals surface area (Å²) in [6, 6.07) is 74.3. The van der Waals surface area contributed by atoms with Gasteiger partial charge in [-0.1, -0.05) is 140 Å². The summed E-state index contributed by atoms with van der Waals surface area (Å²) >= 11 is 0. The molecule has 3 aromatic heterocycles. The lowest BCUT2D eigenvalue weighted by Crippen LogP contribution is -2.09. The third-order valence-electron chi connectivity index (χ3n) is 11.7. The zero-order valence-electron chi connectivity index (χ0n) is 30.9. The van der Waals surface area contributed by atoms with Gasteiger partial charge in [0.1, 0.15) is 11.2 Å². The van der Waals surface area contributed by atoms with Gasteiger partial charge in [0.2, 0.25) is 0 Å². The molecule has 0 saturated carbocycles. The summed E-state index contributed by atoms with van der Waals surface area (Å²) in [6.45, 7) is 0. The highest BCUT2D eigenvalue weighted by atomic mass is 16.3. The molecule has 3 heterocycles. The van der Waals surface area contributed by atoms with Crippen molar-refractivity contribution in [3.63, 3.8) is 0 Å². The molecular formula is C54H34N2O. The van der Waals surface area contributed by atoms with E-state index in [0.717, 1.165) is 50.1 Å². The van der Waals surface area contributed by atoms with E-state index in [4.69, 9.17) is 4.42 Å². The highest BCUT2D eigenvalue weighted by Gasteiger charge is 2.20. The van der Waals surface area contributed by atoms with Crippen molar-refractivity contribution in [2.24, 2.45) is 0 Å². The Hall–Kier alpha value is -7.62. The minimum atomic E-state index is 0.908. The molecule has 0 atom stereocenters. The molecule has 12 rings (SSSR count). The lowest BCUT2D eigenvalue weighted by molar-refractivity contribution is 0.670. The average Bonchev–Trinajstić information content (AvgIpc) is 3.95. The van der Waals surface area contributed by atoms with Crippen LogP contribution in [0.25, 0.3) is 93.4 Å². The summed E-state index contributed by atoms with van der Waals surface area (Å²) in [5.74, 6) is 0. The maximum absolute atomic E-state index is 6.41. The van der Waals surface area contributed by atoms with Gasteiger partial charge in [-0.3, -0.25) is 0 Å². The number of aromatic nitrogens is 1. The van der Waals surface area contributed by atoms with Crippen LogP contribution in [-0.4, -0.2) is 4.40 Å². The van der Waals surface area contributed by atoms with Crippen molar-refractivity contribution in [3.05, 3.63) is 206 Å². The van der Waals surface area contributed by atoms with Crippen LogP contribution in [0, 0.1) is 0 Å². The number of furan rings is 1. The first-order chi connectivity index (χ1) is 28.3. The molecule has 0 aliphatic rings. The fourth-order valence-corrected chi connectivity index (χ4v) is 9.06. The van der Waals surface area contributed by atoms with E-state index in [1.807, 2.05) is 12.1 Å². The molecule has 0 aliphatic heterocycles. The van der Waals surface area contributed by atoms with Crippen molar-refractivity contribution in [2.45, 2.75) is 0 Å². The van der Waals surface area contributed by atoms with Gasteiger partial charge in [-0.25, -0.2) is 0 Å². The highest BCUT2D eigenvalue weighted by molar-refractivity contribution is 6.24. The maximum Gasteiger partial charge on any atom is 0.143 e. The van der Waals surface area contributed by atoms with Gasteiger partial charge in [-0.2, -0.15) is 0 Å². The zero-order valence-corrected chi connectivity index (χ0v) is 30.9. The van der Waals surface area contributed by atoms with Crippen molar-refractivity contribution in [1.29, 1.82) is 0 Å². The summed E-state index contributed by atoms with van der Waals surface area (Å²) < 4.78 is 8.85. The van der Waals surface area contributed by atoms with Crippen LogP contribution in [0.3, 0.4) is 0 Å². The minimum Gasteiger partial charge on any atom is -0.455 e. The fraction of sp³-hybridized carbons (Fsp3) is 0. The van der Waals surface area contributed by atoms with Gasteiger partial charge in [0.15, 0.2) is 0 Å². The molecule has 0 N–H and O–H groups in total. The Balaban J connectivity index is 0.967. The van der Waals surface area contributed by atoms with E-state index in [1.54, 1.807) is 0 Å². The third kappa shape index (κ3) is 4.92. The van der Waals surface area contributed by atoms with E-state index in [2.05, 4.69) is 203 Å². The number of fused-ring (bicyclic) bond motifs is 9. The van der Waals surface area contributed by atoms with Crippen LogP contribution in [0.1, 0.15) is 0 Å². The van der Waals surface area contributed by atoms with Crippen LogP contribution >= 0.6 is 0 Å². The van der Waals surface area contributed by atoms with Crippen molar-refractivity contribution in [3.8, 4) is 33.4 Å². The van der Waals surface area contributed by atoms with Gasteiger partial charge in [0.25, 0.3) is 0 Å². The molecule has 266 valence electrons. The van der Waals surface area contributed by atoms with E-state index >= 15 is 0 Å². The van der Waals surface area contributed by atoms with Gasteiger partial charge in [-0.05, 0) is 94.5 Å². The molecule has 0 radical (unpaired) electrons. The highest BCUT2D eigenvalue weighted by Crippen LogP contribution is 2.43. The molecule has 0 unspecified atom stereocenters. The summed E-state index contributed by atoms with van der Waals surface area (Å²) in [5, 5.41) is 7.42. The van der Waals surface area contributed by atoms with E-state index in [9.17, 15) is 0 Å². The van der Waals surface area contributed by atoms with Crippen LogP contribution in [-0.2, 0) is 0 Å². The van der Waals surface area contributed by atoms with Gasteiger partial charge >= 0.3 is 0 Å². The summed E-state index contributed by atoms with van der Waals surface area (Å²) in [6.07, 6.45) is 0. The second-order valence-corrected chi connectivity index (χ2v) is 14.9. The Morgan fingerprint density at radius 1 is 0.333 bits per heavy atom. The van der Waals surface area contributed by atoms with E-state index < -0.39 is 0 Å². The first kappa shape index (κ1) is 31.7. The zero-order chi connectivity index (χ0) is 37.5. The van der Waals surface area contributed by atoms with Crippen molar-refractivity contribution in [2.75, 3.05) is 4.90 Å². The van der Waals surface area contributed by atoms with Crippen LogP contribution in [0.2, 0.25) is 0 Å². The number of hydrogen-bond donors (Lipinski definition) is 0. The molecular weight excluding hydrogens is 693 g/mol. The van der Waals surface area contributed by atoms with Crippen LogP contribution in [0.5, 0.6) is 0 Å². The Bertz CT molecular complexity index is 3350. The quantitative estimate of drug-likeness (QED) is 0.170. The number of hydrogen-bond acceptors (Lipinski definition) is 2. The molecule has 0 amide bonds. The van der Waals surface area contributed by atoms with Crippen molar-refractivity contribution < 1.29 is 4.42 Å². The Morgan fingerprint density at radius 3 is 1.42 bits per heavy atom. The first-order valence-electron chi connectivity index (χ1n) is 19.5. The first-order valence-corrected chi connectivity index (χ1v) is 19.5. The van der Waals surface area contributed by atoms with Crippen LogP contribution in [0.4, 0.5) is 17.1 Å². The molecule has 0 fully saturated rings. The predicted molar refractivity (Wildman–Crippen MR) is 239 cm³/mol. The molecule has 9 aromatic carbocycles. The fourth-order valence-electron chi connectivity index (χ4n) is 9.06. The topological polar surface area (TPSA) is 20.8 Å². The lowest BCUT2D eigenvalue weighted by atomic mass is 9.98. The Labute approximate surface area is 329 Å². The maximum atomic E-state index is 6.41. The predicted octanol–water partition coefficient (Wildman–Crippen LogP) is 15.2. The molecule has 0 saturated heterocycles. The Morgan fingerprint density at radius 2 is 0.807 bits per heavy atom. The smallest absolute Gasteiger partial charge is 0.143 e. The van der Waals surface area contributed by atoms with Gasteiger partial charge in [-0.15, -0.1) is 0 Å². The van der Waals surface area contributed by atoms with Crippen molar-refractivity contribution in [1.82, 2.24) is 4.40 Å². The summed E-state index contributed by atoms with van der Waals surface area (Å²) in [7, 11) is 0. The Kier molecular flexibility index (Phi) is 6.93. The number of benzene rings is 9. The molecule has 0 aliphatic carbocycles. The number of para-hydroxylation sites is 4. The normalized spacial score (nSPS) is 11.9. The van der Waals surface area contributed by atoms with Crippen LogP contribution in [0.15, 0.2) is 211 Å². The molecule has 57 heavy (non-hydrogen) atoms. The second-order valence-electron chi connectivity index (χ2n) is 14.9. The standard InChI is InChI=1S/C54H34N2O/c1-2-11-35(12-3-1)36-21-27-40(28-22-36)55(42-31-25-38(26-32-42)43-16-10-17-47-46-15-6-9-20-52(46)57-54(43)47)41-29-23-37(24-30-41)39-33-48-44-13-4-7-18-50(44)56-51-19-8-5-14-45(51)49(34-39)53(48)56/h1-34H. The second kappa shape index (κ2) is 12.5. The molecule has 3 nitrogen and oxygen atoms in total. The van der Waals surface area contributed by atoms with Gasteiger partial charge in [0, 0.05) is 54.9 Å². The number of nitrogens with zero attached hydrogens (tertiary/aromatic N) is 2. The van der Waals surface area contributed by atoms with Gasteiger partial charge < -0.3 is 13.7 Å². The minimum absolute atomic E-state index is 0.908. The number of rotatable bonds is 6. The molecule has 0 spiro atoms. The van der Waals surface area contributed by atoms with Crippen molar-refractivity contribution >= 4 is 77.1 Å². The third-order valence-corrected chi connectivity index (χ3v) is 11.7. The summed E-state index contributed by atoms with van der Waals surface area (Å²) in [5.41, 5.74) is 15.9. The van der Waals surface area contributed by atoms with Gasteiger partial charge in [0.05, 0.1) is 16.6 Å². The van der Waals surface area contributed by atoms with Crippen LogP contribution < -0.4 is 4.90 Å².